The average molecular weight is 498 g/mol. The Labute approximate surface area is 208 Å². The summed E-state index contributed by atoms with van der Waals surface area (Å²) in [5.74, 6) is 0.866. The molecular formula is C24H28ClN7O3. The molecule has 35 heavy (non-hydrogen) atoms. The summed E-state index contributed by atoms with van der Waals surface area (Å²) in [6.07, 6.45) is -0.0505. The minimum atomic E-state index is -0.546. The van der Waals surface area contributed by atoms with Gasteiger partial charge in [-0.15, -0.1) is 0 Å². The second-order valence-electron chi connectivity index (χ2n) is 8.14. The minimum absolute atomic E-state index is 0.0801. The number of carbonyl (C=O) groups is 2. The first-order chi connectivity index (χ1) is 16.9. The molecule has 1 unspecified atom stereocenters. The lowest BCUT2D eigenvalue weighted by atomic mass is 9.99. The van der Waals surface area contributed by atoms with Crippen LogP contribution in [0.3, 0.4) is 0 Å². The first kappa shape index (κ1) is 24.5. The summed E-state index contributed by atoms with van der Waals surface area (Å²) in [7, 11) is 1.62. The number of benzene rings is 2. The van der Waals surface area contributed by atoms with Gasteiger partial charge in [-0.3, -0.25) is 20.0 Å². The van der Waals surface area contributed by atoms with Crippen LogP contribution in [0.15, 0.2) is 52.6 Å². The standard InChI is InChI=1S/C24H28ClN7O3/c1-14-30-31-24-19(12-21(33)27-9-10-28-22(34)13-26)29-23(15-3-5-16(25)6-4-15)18-11-17(35-2)7-8-20(18)32(14)24/h3-8,11,14,19,30H,9-10,12-13,26H2,1-2H3,(H,27,33)(H,28,34)/t14?,19-/m0/s1. The Morgan fingerprint density at radius 2 is 1.86 bits per heavy atom. The first-order valence-electron chi connectivity index (χ1n) is 11.3. The molecule has 0 spiro atoms. The number of amidine groups is 1. The molecule has 2 heterocycles. The summed E-state index contributed by atoms with van der Waals surface area (Å²) in [6, 6.07) is 12.7. The number of anilines is 1. The zero-order chi connectivity index (χ0) is 24.9. The van der Waals surface area contributed by atoms with Crippen molar-refractivity contribution in [2.75, 3.05) is 31.6 Å². The van der Waals surface area contributed by atoms with Gasteiger partial charge in [0.25, 0.3) is 0 Å². The van der Waals surface area contributed by atoms with Crippen molar-refractivity contribution < 1.29 is 14.3 Å². The Balaban J connectivity index is 1.68. The number of nitrogens with two attached hydrogens (primary N) is 1. The van der Waals surface area contributed by atoms with Crippen molar-refractivity contribution in [3.8, 4) is 5.75 Å². The van der Waals surface area contributed by atoms with E-state index in [2.05, 4.69) is 26.1 Å². The van der Waals surface area contributed by atoms with E-state index in [-0.39, 0.29) is 37.5 Å². The maximum Gasteiger partial charge on any atom is 0.233 e. The van der Waals surface area contributed by atoms with Crippen molar-refractivity contribution in [2.45, 2.75) is 25.6 Å². The van der Waals surface area contributed by atoms with Crippen LogP contribution in [0.5, 0.6) is 5.75 Å². The van der Waals surface area contributed by atoms with Crippen LogP contribution in [-0.4, -0.2) is 62.3 Å². The van der Waals surface area contributed by atoms with Gasteiger partial charge >= 0.3 is 0 Å². The van der Waals surface area contributed by atoms with E-state index in [1.165, 1.54) is 0 Å². The predicted molar refractivity (Wildman–Crippen MR) is 136 cm³/mol. The molecule has 2 aliphatic rings. The first-order valence-corrected chi connectivity index (χ1v) is 11.7. The van der Waals surface area contributed by atoms with Gasteiger partial charge in [-0.25, -0.2) is 0 Å². The zero-order valence-corrected chi connectivity index (χ0v) is 20.3. The van der Waals surface area contributed by atoms with Gasteiger partial charge in [0.05, 0.1) is 31.5 Å². The molecule has 0 bridgehead atoms. The summed E-state index contributed by atoms with van der Waals surface area (Å²) in [5, 5.41) is 10.6. The lowest BCUT2D eigenvalue weighted by Crippen LogP contribution is -2.43. The topological polar surface area (TPSA) is 133 Å². The molecule has 0 saturated carbocycles. The van der Waals surface area contributed by atoms with E-state index in [4.69, 9.17) is 27.1 Å². The Morgan fingerprint density at radius 1 is 1.14 bits per heavy atom. The fourth-order valence-electron chi connectivity index (χ4n) is 4.06. The summed E-state index contributed by atoms with van der Waals surface area (Å²) >= 11 is 6.13. The van der Waals surface area contributed by atoms with Crippen LogP contribution in [0.2, 0.25) is 5.02 Å². The van der Waals surface area contributed by atoms with Gasteiger partial charge in [0.15, 0.2) is 5.84 Å². The zero-order valence-electron chi connectivity index (χ0n) is 19.5. The molecule has 11 heteroatoms. The van der Waals surface area contributed by atoms with Crippen LogP contribution in [0.1, 0.15) is 24.5 Å². The molecule has 0 fully saturated rings. The number of nitrogens with one attached hydrogen (secondary N) is 3. The molecule has 2 aromatic rings. The fraction of sp³-hybridized carbons (Fsp3) is 0.333. The number of hydrogen-bond acceptors (Lipinski definition) is 8. The molecule has 0 radical (unpaired) electrons. The average Bonchev–Trinajstić information content (AvgIpc) is 3.19. The summed E-state index contributed by atoms with van der Waals surface area (Å²) < 4.78 is 5.49. The fourth-order valence-corrected chi connectivity index (χ4v) is 4.19. The third kappa shape index (κ3) is 5.39. The third-order valence-electron chi connectivity index (χ3n) is 5.75. The molecular weight excluding hydrogens is 470 g/mol. The van der Waals surface area contributed by atoms with Crippen molar-refractivity contribution in [2.24, 2.45) is 15.8 Å². The Kier molecular flexibility index (Phi) is 7.52. The predicted octanol–water partition coefficient (Wildman–Crippen LogP) is 1.22. The van der Waals surface area contributed by atoms with Gasteiger partial charge in [-0.05, 0) is 37.3 Å². The van der Waals surface area contributed by atoms with Crippen molar-refractivity contribution in [1.29, 1.82) is 0 Å². The highest BCUT2D eigenvalue weighted by Gasteiger charge is 2.37. The highest BCUT2D eigenvalue weighted by molar-refractivity contribution is 6.31. The lowest BCUT2D eigenvalue weighted by Gasteiger charge is -2.27. The number of fused-ring (bicyclic) bond motifs is 3. The van der Waals surface area contributed by atoms with E-state index in [9.17, 15) is 9.59 Å². The maximum atomic E-state index is 12.8. The summed E-state index contributed by atoms with van der Waals surface area (Å²) in [6.45, 7) is 2.48. The van der Waals surface area contributed by atoms with E-state index in [1.54, 1.807) is 7.11 Å². The Morgan fingerprint density at radius 3 is 2.54 bits per heavy atom. The SMILES string of the molecule is COc1ccc2c(c1)C(c1ccc(Cl)cc1)=N[C@@H](CC(=O)NCCNC(=O)CN)C1=NNC(C)N12. The van der Waals surface area contributed by atoms with E-state index < -0.39 is 6.04 Å². The molecule has 2 amide bonds. The van der Waals surface area contributed by atoms with Crippen LogP contribution in [0.4, 0.5) is 5.69 Å². The molecule has 2 atom stereocenters. The number of nitrogens with zero attached hydrogens (tertiary/aromatic N) is 3. The van der Waals surface area contributed by atoms with Crippen molar-refractivity contribution >= 4 is 40.6 Å². The second kappa shape index (κ2) is 10.7. The quantitative estimate of drug-likeness (QED) is 0.405. The summed E-state index contributed by atoms with van der Waals surface area (Å²) in [5.41, 5.74) is 11.7. The largest absolute Gasteiger partial charge is 0.497 e. The molecule has 0 saturated heterocycles. The maximum absolute atomic E-state index is 12.8. The molecule has 2 aromatic carbocycles. The molecule has 4 rings (SSSR count). The van der Waals surface area contributed by atoms with Crippen LogP contribution in [-0.2, 0) is 9.59 Å². The van der Waals surface area contributed by atoms with E-state index in [1.807, 2.05) is 49.4 Å². The van der Waals surface area contributed by atoms with E-state index >= 15 is 0 Å². The molecule has 184 valence electrons. The van der Waals surface area contributed by atoms with Crippen LogP contribution in [0.25, 0.3) is 0 Å². The van der Waals surface area contributed by atoms with Gasteiger partial charge in [0, 0.05) is 29.2 Å². The van der Waals surface area contributed by atoms with Crippen molar-refractivity contribution in [3.05, 3.63) is 58.6 Å². The van der Waals surface area contributed by atoms with Crippen molar-refractivity contribution in [1.82, 2.24) is 16.1 Å². The van der Waals surface area contributed by atoms with Gasteiger partial charge in [0.2, 0.25) is 11.8 Å². The lowest BCUT2D eigenvalue weighted by molar-refractivity contribution is -0.122. The number of halogens is 1. The van der Waals surface area contributed by atoms with Crippen LogP contribution < -0.4 is 31.4 Å². The van der Waals surface area contributed by atoms with Gasteiger partial charge in [-0.2, -0.15) is 5.10 Å². The van der Waals surface area contributed by atoms with Gasteiger partial charge in [0.1, 0.15) is 18.0 Å². The summed E-state index contributed by atoms with van der Waals surface area (Å²) in [4.78, 5) is 31.2. The molecule has 2 aliphatic heterocycles. The van der Waals surface area contributed by atoms with Crippen LogP contribution >= 0.6 is 11.6 Å². The number of hydrazone groups is 1. The smallest absolute Gasteiger partial charge is 0.233 e. The molecule has 5 N–H and O–H groups in total. The second-order valence-corrected chi connectivity index (χ2v) is 8.57. The van der Waals surface area contributed by atoms with E-state index in [0.717, 1.165) is 16.8 Å². The number of methoxy groups -OCH3 is 1. The Hall–Kier alpha value is -3.63. The molecule has 10 nitrogen and oxygen atoms in total. The van der Waals surface area contributed by atoms with Gasteiger partial charge in [-0.1, -0.05) is 23.7 Å². The molecule has 0 aliphatic carbocycles. The number of rotatable bonds is 8. The number of amides is 2. The van der Waals surface area contributed by atoms with Crippen molar-refractivity contribution in [3.63, 3.8) is 0 Å². The monoisotopic (exact) mass is 497 g/mol. The van der Waals surface area contributed by atoms with Crippen LogP contribution in [0, 0.1) is 0 Å². The minimum Gasteiger partial charge on any atom is -0.497 e. The number of ether oxygens (including phenoxy) is 1. The number of carbonyl (C=O) groups excluding carboxylic acids is 2. The third-order valence-corrected chi connectivity index (χ3v) is 6.00. The molecule has 0 aromatic heterocycles. The Bertz CT molecular complexity index is 1170. The van der Waals surface area contributed by atoms with Gasteiger partial charge < -0.3 is 26.0 Å². The highest BCUT2D eigenvalue weighted by Crippen LogP contribution is 2.35. The number of aliphatic imine (C=N–C) groups is 1. The normalized spacial score (nSPS) is 18.3. The highest BCUT2D eigenvalue weighted by atomic mass is 35.5. The number of hydrogen-bond donors (Lipinski definition) is 4. The van der Waals surface area contributed by atoms with E-state index in [0.29, 0.717) is 28.9 Å².